The van der Waals surface area contributed by atoms with Crippen LogP contribution in [0.25, 0.3) is 5.69 Å². The van der Waals surface area contributed by atoms with Crippen LogP contribution in [0, 0.1) is 0 Å². The van der Waals surface area contributed by atoms with Crippen LogP contribution in [-0.4, -0.2) is 52.7 Å². The number of benzene rings is 2. The Morgan fingerprint density at radius 1 is 1.00 bits per heavy atom. The lowest BCUT2D eigenvalue weighted by Gasteiger charge is -2.31. The topological polar surface area (TPSA) is 93.0 Å². The quantitative estimate of drug-likeness (QED) is 0.601. The lowest BCUT2D eigenvalue weighted by molar-refractivity contribution is -0.137. The van der Waals surface area contributed by atoms with Gasteiger partial charge in [0.1, 0.15) is 0 Å². The Morgan fingerprint density at radius 2 is 1.66 bits per heavy atom. The van der Waals surface area contributed by atoms with E-state index in [0.717, 1.165) is 12.1 Å². The molecule has 0 amide bonds. The number of nitrogens with one attached hydrogen (secondary N) is 1. The van der Waals surface area contributed by atoms with Crippen LogP contribution in [0.4, 0.5) is 13.2 Å². The first-order valence-corrected chi connectivity index (χ1v) is 11.5. The number of hydrogen-bond acceptors (Lipinski definition) is 6. The Morgan fingerprint density at radius 3 is 2.28 bits per heavy atom. The van der Waals surface area contributed by atoms with Crippen molar-refractivity contribution in [1.29, 1.82) is 0 Å². The molecule has 1 fully saturated rings. The third-order valence-electron chi connectivity index (χ3n) is 5.30. The molecule has 1 aliphatic rings. The molecule has 1 saturated heterocycles. The van der Waals surface area contributed by atoms with Crippen LogP contribution in [0.1, 0.15) is 24.2 Å². The van der Waals surface area contributed by atoms with Gasteiger partial charge < -0.3 is 0 Å². The zero-order chi connectivity index (χ0) is 22.8. The molecule has 0 saturated carbocycles. The maximum Gasteiger partial charge on any atom is 0.416 e. The van der Waals surface area contributed by atoms with E-state index in [1.54, 1.807) is 30.3 Å². The summed E-state index contributed by atoms with van der Waals surface area (Å²) in [6, 6.07) is 12.7. The van der Waals surface area contributed by atoms with Crippen molar-refractivity contribution in [3.05, 3.63) is 66.0 Å². The Labute approximate surface area is 183 Å². The molecule has 0 radical (unpaired) electrons. The van der Waals surface area contributed by atoms with Crippen molar-refractivity contribution < 1.29 is 21.6 Å². The molecule has 2 aromatic carbocycles. The third kappa shape index (κ3) is 5.14. The smallest absolute Gasteiger partial charge is 0.296 e. The predicted molar refractivity (Wildman–Crippen MR) is 109 cm³/mol. The van der Waals surface area contributed by atoms with Crippen LogP contribution < -0.4 is 4.72 Å². The van der Waals surface area contributed by atoms with Crippen LogP contribution in [-0.2, 0) is 22.7 Å². The molecular formula is C20H21F3N6O2S. The number of sulfonamides is 1. The van der Waals surface area contributed by atoms with Gasteiger partial charge in [0.2, 0.25) is 10.0 Å². The lowest BCUT2D eigenvalue weighted by Crippen LogP contribution is -2.44. The first-order valence-electron chi connectivity index (χ1n) is 9.97. The highest BCUT2D eigenvalue weighted by molar-refractivity contribution is 7.89. The van der Waals surface area contributed by atoms with E-state index in [2.05, 4.69) is 25.1 Å². The second kappa shape index (κ2) is 8.96. The molecule has 1 aliphatic heterocycles. The number of hydrogen-bond donors (Lipinski definition) is 1. The molecule has 2 heterocycles. The van der Waals surface area contributed by atoms with Gasteiger partial charge in [-0.3, -0.25) is 4.90 Å². The van der Waals surface area contributed by atoms with Crippen LogP contribution in [0.15, 0.2) is 59.5 Å². The summed E-state index contributed by atoms with van der Waals surface area (Å²) in [7, 11) is -3.57. The summed E-state index contributed by atoms with van der Waals surface area (Å²) in [6.45, 7) is 1.65. The van der Waals surface area contributed by atoms with Crippen molar-refractivity contribution in [2.75, 3.05) is 13.1 Å². The number of alkyl halides is 3. The molecule has 3 aromatic rings. The van der Waals surface area contributed by atoms with Crippen LogP contribution >= 0.6 is 0 Å². The average Bonchev–Trinajstić information content (AvgIpc) is 3.23. The van der Waals surface area contributed by atoms with Crippen LogP contribution in [0.5, 0.6) is 0 Å². The van der Waals surface area contributed by atoms with Crippen LogP contribution in [0.3, 0.4) is 0 Å². The summed E-state index contributed by atoms with van der Waals surface area (Å²) in [5, 5.41) is 11.6. The minimum Gasteiger partial charge on any atom is -0.296 e. The normalized spacial score (nSPS) is 16.3. The van der Waals surface area contributed by atoms with Gasteiger partial charge in [0, 0.05) is 19.1 Å². The Kier molecular flexibility index (Phi) is 6.26. The summed E-state index contributed by atoms with van der Waals surface area (Å²) in [5.74, 6) is 0.494. The number of nitrogens with zero attached hydrogens (tertiary/aromatic N) is 5. The molecule has 1 aromatic heterocycles. The first kappa shape index (κ1) is 22.4. The van der Waals surface area contributed by atoms with Crippen molar-refractivity contribution in [2.45, 2.75) is 36.5 Å². The second-order valence-corrected chi connectivity index (χ2v) is 9.25. The second-order valence-electron chi connectivity index (χ2n) is 7.54. The number of tetrazole rings is 1. The van der Waals surface area contributed by atoms with Crippen molar-refractivity contribution in [3.8, 4) is 5.69 Å². The van der Waals surface area contributed by atoms with Gasteiger partial charge >= 0.3 is 6.18 Å². The monoisotopic (exact) mass is 466 g/mol. The molecule has 170 valence electrons. The van der Waals surface area contributed by atoms with E-state index in [-0.39, 0.29) is 10.9 Å². The lowest BCUT2D eigenvalue weighted by atomic mass is 10.1. The highest BCUT2D eigenvalue weighted by Gasteiger charge is 2.30. The summed E-state index contributed by atoms with van der Waals surface area (Å²) >= 11 is 0. The van der Waals surface area contributed by atoms with Crippen molar-refractivity contribution in [2.24, 2.45) is 0 Å². The highest BCUT2D eigenvalue weighted by Crippen LogP contribution is 2.29. The molecule has 4 rings (SSSR count). The molecule has 12 heteroatoms. The van der Waals surface area contributed by atoms with Gasteiger partial charge in [-0.15, -0.1) is 5.10 Å². The van der Waals surface area contributed by atoms with E-state index in [1.165, 1.54) is 16.8 Å². The molecule has 0 atom stereocenters. The van der Waals surface area contributed by atoms with E-state index < -0.39 is 21.8 Å². The minimum absolute atomic E-state index is 0.178. The fraction of sp³-hybridized carbons (Fsp3) is 0.350. The summed E-state index contributed by atoms with van der Waals surface area (Å²) in [6.07, 6.45) is -3.17. The Balaban J connectivity index is 1.36. The maximum absolute atomic E-state index is 12.8. The minimum atomic E-state index is -4.41. The molecule has 0 spiro atoms. The van der Waals surface area contributed by atoms with Gasteiger partial charge in [0.25, 0.3) is 0 Å². The number of halogens is 3. The Bertz CT molecular complexity index is 1140. The molecule has 0 bridgehead atoms. The molecule has 32 heavy (non-hydrogen) atoms. The number of piperidine rings is 1. The maximum atomic E-state index is 12.8. The fourth-order valence-electron chi connectivity index (χ4n) is 3.59. The standard InChI is InChI=1S/C20H21F3N6O2S/c21-20(22,23)15-6-8-17(9-7-15)29-19(24-26-27-29)14-28-12-10-16(11-13-28)25-32(30,31)18-4-2-1-3-5-18/h1-9,16,25H,10-14H2. The zero-order valence-corrected chi connectivity index (χ0v) is 17.7. The number of rotatable bonds is 6. The summed E-state index contributed by atoms with van der Waals surface area (Å²) in [5.41, 5.74) is -0.306. The fourth-order valence-corrected chi connectivity index (χ4v) is 4.92. The van der Waals surface area contributed by atoms with Gasteiger partial charge in [0.05, 0.1) is 22.7 Å². The molecule has 8 nitrogen and oxygen atoms in total. The molecule has 1 N–H and O–H groups in total. The Hall–Kier alpha value is -2.83. The molecular weight excluding hydrogens is 445 g/mol. The van der Waals surface area contributed by atoms with Crippen molar-refractivity contribution in [3.63, 3.8) is 0 Å². The van der Waals surface area contributed by atoms with Gasteiger partial charge in [-0.25, -0.2) is 13.1 Å². The van der Waals surface area contributed by atoms with E-state index in [0.29, 0.717) is 44.0 Å². The number of aromatic nitrogens is 4. The van der Waals surface area contributed by atoms with Crippen LogP contribution in [0.2, 0.25) is 0 Å². The van der Waals surface area contributed by atoms with E-state index in [4.69, 9.17) is 0 Å². The SMILES string of the molecule is O=S(=O)(NC1CCN(Cc2nnnn2-c2ccc(C(F)(F)F)cc2)CC1)c1ccccc1. The largest absolute Gasteiger partial charge is 0.416 e. The highest BCUT2D eigenvalue weighted by atomic mass is 32.2. The van der Waals surface area contributed by atoms with E-state index in [1.807, 2.05) is 0 Å². The van der Waals surface area contributed by atoms with E-state index >= 15 is 0 Å². The van der Waals surface area contributed by atoms with Gasteiger partial charge in [-0.2, -0.15) is 17.9 Å². The first-order chi connectivity index (χ1) is 15.2. The predicted octanol–water partition coefficient (Wildman–Crippen LogP) is 2.62. The number of likely N-dealkylation sites (tertiary alicyclic amines) is 1. The molecule has 0 unspecified atom stereocenters. The van der Waals surface area contributed by atoms with Gasteiger partial charge in [-0.1, -0.05) is 18.2 Å². The molecule has 0 aliphatic carbocycles. The van der Waals surface area contributed by atoms with Crippen molar-refractivity contribution >= 4 is 10.0 Å². The average molecular weight is 466 g/mol. The summed E-state index contributed by atoms with van der Waals surface area (Å²) in [4.78, 5) is 2.32. The van der Waals surface area contributed by atoms with Crippen molar-refractivity contribution in [1.82, 2.24) is 29.8 Å². The summed E-state index contributed by atoms with van der Waals surface area (Å²) < 4.78 is 67.5. The zero-order valence-electron chi connectivity index (χ0n) is 16.9. The van der Waals surface area contributed by atoms with Gasteiger partial charge in [-0.05, 0) is 59.7 Å². The van der Waals surface area contributed by atoms with Gasteiger partial charge in [0.15, 0.2) is 5.82 Å². The third-order valence-corrected chi connectivity index (χ3v) is 6.84. The van der Waals surface area contributed by atoms with E-state index in [9.17, 15) is 21.6 Å².